The highest BCUT2D eigenvalue weighted by atomic mass is 32.2. The zero-order chi connectivity index (χ0) is 14.1. The second-order valence-electron chi connectivity index (χ2n) is 5.98. The van der Waals surface area contributed by atoms with E-state index in [-0.39, 0.29) is 6.10 Å². The van der Waals surface area contributed by atoms with Gasteiger partial charge in [-0.25, -0.2) is 0 Å². The molecule has 3 rings (SSSR count). The van der Waals surface area contributed by atoms with Crippen LogP contribution in [0, 0.1) is 0 Å². The van der Waals surface area contributed by atoms with Gasteiger partial charge in [-0.1, -0.05) is 6.42 Å². The van der Waals surface area contributed by atoms with Gasteiger partial charge < -0.3 is 9.47 Å². The Morgan fingerprint density at radius 3 is 2.50 bits per heavy atom. The zero-order valence-electron chi connectivity index (χ0n) is 11.8. The van der Waals surface area contributed by atoms with Crippen LogP contribution in [0.25, 0.3) is 0 Å². The fourth-order valence-electron chi connectivity index (χ4n) is 3.29. The first-order chi connectivity index (χ1) is 9.60. The van der Waals surface area contributed by atoms with Gasteiger partial charge in [0.2, 0.25) is 0 Å². The summed E-state index contributed by atoms with van der Waals surface area (Å²) in [6.07, 6.45) is 6.99. The Labute approximate surface area is 121 Å². The zero-order valence-corrected chi connectivity index (χ0v) is 12.7. The first kappa shape index (κ1) is 14.7. The van der Waals surface area contributed by atoms with Crippen LogP contribution in [0.4, 0.5) is 0 Å². The summed E-state index contributed by atoms with van der Waals surface area (Å²) in [6, 6.07) is 0. The fraction of sp³-hybridized carbons (Fsp3) is 1.00. The topological polar surface area (TPSA) is 67.9 Å². The number of ether oxygens (including phenoxy) is 2. The Bertz CT molecular complexity index is 428. The molecule has 1 unspecified atom stereocenters. The van der Waals surface area contributed by atoms with Gasteiger partial charge in [-0.3, -0.25) is 0 Å². The fourth-order valence-corrected chi connectivity index (χ4v) is 4.61. The summed E-state index contributed by atoms with van der Waals surface area (Å²) in [6.45, 7) is 2.05. The van der Waals surface area contributed by atoms with E-state index in [0.29, 0.717) is 26.2 Å². The molecule has 1 N–H and O–H groups in total. The molecule has 1 aliphatic carbocycles. The minimum Gasteiger partial charge on any atom is -0.347 e. The third-order valence-corrected chi connectivity index (χ3v) is 6.00. The molecular weight excluding hydrogens is 280 g/mol. The highest BCUT2D eigenvalue weighted by molar-refractivity contribution is 7.87. The monoisotopic (exact) mass is 304 g/mol. The predicted octanol–water partition coefficient (Wildman–Crippen LogP) is 0.992. The van der Waals surface area contributed by atoms with Gasteiger partial charge in [-0.05, 0) is 25.7 Å². The van der Waals surface area contributed by atoms with Crippen molar-refractivity contribution in [3.8, 4) is 0 Å². The average Bonchev–Trinajstić information content (AvgIpc) is 3.09. The molecule has 7 heteroatoms. The highest BCUT2D eigenvalue weighted by Gasteiger charge is 2.43. The van der Waals surface area contributed by atoms with Gasteiger partial charge in [0.25, 0.3) is 10.2 Å². The third-order valence-electron chi connectivity index (χ3n) is 4.43. The molecule has 0 radical (unpaired) electrons. The Morgan fingerprint density at radius 2 is 1.80 bits per heavy atom. The van der Waals surface area contributed by atoms with Crippen molar-refractivity contribution in [3.05, 3.63) is 0 Å². The lowest BCUT2D eigenvalue weighted by atomic mass is 10.2. The van der Waals surface area contributed by atoms with Crippen molar-refractivity contribution in [2.45, 2.75) is 56.8 Å². The van der Waals surface area contributed by atoms with Crippen LogP contribution in [0.1, 0.15) is 44.9 Å². The van der Waals surface area contributed by atoms with Gasteiger partial charge in [0.1, 0.15) is 0 Å². The van der Waals surface area contributed by atoms with Crippen LogP contribution in [-0.2, 0) is 19.7 Å². The van der Waals surface area contributed by atoms with Crippen molar-refractivity contribution in [2.75, 3.05) is 26.2 Å². The summed E-state index contributed by atoms with van der Waals surface area (Å²) in [5.74, 6) is -0.415. The summed E-state index contributed by atoms with van der Waals surface area (Å²) < 4.78 is 40.2. The molecule has 2 aliphatic heterocycles. The van der Waals surface area contributed by atoms with Gasteiger partial charge >= 0.3 is 0 Å². The van der Waals surface area contributed by atoms with Gasteiger partial charge in [0.05, 0.1) is 12.7 Å². The van der Waals surface area contributed by atoms with Crippen LogP contribution in [-0.4, -0.2) is 50.9 Å². The average molecular weight is 304 g/mol. The number of nitrogens with one attached hydrogen (secondary N) is 1. The van der Waals surface area contributed by atoms with Crippen LogP contribution < -0.4 is 4.72 Å². The SMILES string of the molecule is O=S(=O)(NCC1COC2(CCCC2)O1)N1CCCCC1. The molecule has 20 heavy (non-hydrogen) atoms. The minimum absolute atomic E-state index is 0.160. The van der Waals surface area contributed by atoms with Crippen molar-refractivity contribution in [2.24, 2.45) is 0 Å². The van der Waals surface area contributed by atoms with Crippen molar-refractivity contribution in [1.82, 2.24) is 9.03 Å². The molecule has 1 atom stereocenters. The lowest BCUT2D eigenvalue weighted by Gasteiger charge is -2.26. The Balaban J connectivity index is 1.49. The normalized spacial score (nSPS) is 31.1. The number of nitrogens with zero attached hydrogens (tertiary/aromatic N) is 1. The van der Waals surface area contributed by atoms with Crippen LogP contribution in [0.2, 0.25) is 0 Å². The Kier molecular flexibility index (Phi) is 4.33. The first-order valence-electron chi connectivity index (χ1n) is 7.66. The molecule has 3 fully saturated rings. The molecule has 0 aromatic carbocycles. The number of rotatable bonds is 4. The lowest BCUT2D eigenvalue weighted by Crippen LogP contribution is -2.46. The van der Waals surface area contributed by atoms with E-state index in [9.17, 15) is 8.42 Å². The number of piperidine rings is 1. The van der Waals surface area contributed by atoms with Crippen LogP contribution in [0.5, 0.6) is 0 Å². The van der Waals surface area contributed by atoms with E-state index < -0.39 is 16.0 Å². The minimum atomic E-state index is -3.36. The third kappa shape index (κ3) is 3.17. The summed E-state index contributed by atoms with van der Waals surface area (Å²) in [5.41, 5.74) is 0. The van der Waals surface area contributed by atoms with E-state index in [1.165, 1.54) is 4.31 Å². The van der Waals surface area contributed by atoms with E-state index in [1.807, 2.05) is 0 Å². The highest BCUT2D eigenvalue weighted by Crippen LogP contribution is 2.39. The van der Waals surface area contributed by atoms with Gasteiger partial charge in [0.15, 0.2) is 5.79 Å². The van der Waals surface area contributed by atoms with E-state index in [1.54, 1.807) is 0 Å². The summed E-state index contributed by atoms with van der Waals surface area (Å²) in [4.78, 5) is 0. The van der Waals surface area contributed by atoms with E-state index >= 15 is 0 Å². The van der Waals surface area contributed by atoms with Crippen molar-refractivity contribution in [1.29, 1.82) is 0 Å². The van der Waals surface area contributed by atoms with Crippen LogP contribution in [0.3, 0.4) is 0 Å². The molecule has 116 valence electrons. The summed E-state index contributed by atoms with van der Waals surface area (Å²) in [7, 11) is -3.36. The van der Waals surface area contributed by atoms with E-state index in [2.05, 4.69) is 4.72 Å². The number of hydrogen-bond acceptors (Lipinski definition) is 4. The second kappa shape index (κ2) is 5.88. The van der Waals surface area contributed by atoms with Crippen molar-refractivity contribution in [3.63, 3.8) is 0 Å². The summed E-state index contributed by atoms with van der Waals surface area (Å²) >= 11 is 0. The maximum absolute atomic E-state index is 12.2. The standard InChI is InChI=1S/C13H24N2O4S/c16-20(17,15-8-4-1-5-9-15)14-10-12-11-18-13(19-12)6-2-3-7-13/h12,14H,1-11H2. The molecule has 0 amide bonds. The van der Waals surface area contributed by atoms with Crippen LogP contribution in [0.15, 0.2) is 0 Å². The molecule has 0 aromatic heterocycles. The smallest absolute Gasteiger partial charge is 0.279 e. The molecule has 0 aromatic rings. The molecule has 1 saturated carbocycles. The largest absolute Gasteiger partial charge is 0.347 e. The van der Waals surface area contributed by atoms with Crippen LogP contribution >= 0.6 is 0 Å². The summed E-state index contributed by atoms with van der Waals surface area (Å²) in [5, 5.41) is 0. The number of hydrogen-bond donors (Lipinski definition) is 1. The molecule has 2 saturated heterocycles. The van der Waals surface area contributed by atoms with Gasteiger partial charge in [0, 0.05) is 32.5 Å². The van der Waals surface area contributed by atoms with Gasteiger partial charge in [-0.2, -0.15) is 17.4 Å². The quantitative estimate of drug-likeness (QED) is 0.841. The second-order valence-corrected chi connectivity index (χ2v) is 7.74. The van der Waals surface area contributed by atoms with Crippen molar-refractivity contribution < 1.29 is 17.9 Å². The molecule has 3 aliphatic rings. The maximum Gasteiger partial charge on any atom is 0.279 e. The molecular formula is C13H24N2O4S. The lowest BCUT2D eigenvalue weighted by molar-refractivity contribution is -0.160. The van der Waals surface area contributed by atoms with Gasteiger partial charge in [-0.15, -0.1) is 0 Å². The predicted molar refractivity (Wildman–Crippen MR) is 74.4 cm³/mol. The van der Waals surface area contributed by atoms with E-state index in [0.717, 1.165) is 44.9 Å². The molecule has 0 bridgehead atoms. The first-order valence-corrected chi connectivity index (χ1v) is 9.10. The van der Waals surface area contributed by atoms with E-state index in [4.69, 9.17) is 9.47 Å². The molecule has 6 nitrogen and oxygen atoms in total. The Morgan fingerprint density at radius 1 is 1.10 bits per heavy atom. The molecule has 2 heterocycles. The maximum atomic E-state index is 12.2. The molecule has 1 spiro atoms. The van der Waals surface area contributed by atoms with Crippen molar-refractivity contribution >= 4 is 10.2 Å². The Hall–Kier alpha value is -0.210.